The van der Waals surface area contributed by atoms with E-state index < -0.39 is 18.6 Å². The Bertz CT molecular complexity index is 375. The maximum Gasteiger partial charge on any atom is 0.389 e. The molecule has 0 aliphatic heterocycles. The third-order valence-electron chi connectivity index (χ3n) is 3.17. The maximum absolute atomic E-state index is 12.2. The van der Waals surface area contributed by atoms with Crippen molar-refractivity contribution in [2.24, 2.45) is 5.84 Å². The molecule has 1 aromatic rings. The van der Waals surface area contributed by atoms with Crippen LogP contribution in [0.3, 0.4) is 0 Å². The summed E-state index contributed by atoms with van der Waals surface area (Å²) in [6, 6.07) is 1.69. The zero-order valence-electron chi connectivity index (χ0n) is 11.2. The van der Waals surface area contributed by atoms with Crippen LogP contribution in [0.5, 0.6) is 0 Å². The van der Waals surface area contributed by atoms with E-state index in [0.29, 0.717) is 6.42 Å². The number of alkyl halides is 3. The number of nitrogens with zero attached hydrogens (tertiary/aromatic N) is 2. The second-order valence-electron chi connectivity index (χ2n) is 4.77. The summed E-state index contributed by atoms with van der Waals surface area (Å²) in [6.07, 6.45) is -1.83. The van der Waals surface area contributed by atoms with Gasteiger partial charge in [-0.1, -0.05) is 6.92 Å². The van der Waals surface area contributed by atoms with Crippen molar-refractivity contribution in [3.8, 4) is 0 Å². The van der Waals surface area contributed by atoms with Gasteiger partial charge in [0.05, 0.1) is 5.69 Å². The van der Waals surface area contributed by atoms with Crippen molar-refractivity contribution in [2.75, 3.05) is 0 Å². The summed E-state index contributed by atoms with van der Waals surface area (Å²) in [5.74, 6) is 5.29. The number of aromatic nitrogens is 2. The van der Waals surface area contributed by atoms with Gasteiger partial charge in [-0.2, -0.15) is 18.3 Å². The summed E-state index contributed by atoms with van der Waals surface area (Å²) in [5, 5.41) is 4.35. The van der Waals surface area contributed by atoms with Crippen LogP contribution in [0.15, 0.2) is 12.3 Å². The monoisotopic (exact) mass is 278 g/mol. The largest absolute Gasteiger partial charge is 0.389 e. The van der Waals surface area contributed by atoms with Crippen molar-refractivity contribution in [1.82, 2.24) is 15.2 Å². The van der Waals surface area contributed by atoms with Crippen LogP contribution < -0.4 is 11.3 Å². The van der Waals surface area contributed by atoms with Gasteiger partial charge in [0.2, 0.25) is 0 Å². The molecule has 0 saturated carbocycles. The predicted octanol–water partition coefficient (Wildman–Crippen LogP) is 2.57. The fourth-order valence-electron chi connectivity index (χ4n) is 1.75. The predicted molar refractivity (Wildman–Crippen MR) is 67.3 cm³/mol. The highest BCUT2D eigenvalue weighted by Gasteiger charge is 2.28. The number of nitrogens with two attached hydrogens (primary N) is 1. The van der Waals surface area contributed by atoms with E-state index in [2.05, 4.69) is 17.4 Å². The normalized spacial score (nSPS) is 15.5. The Labute approximate surface area is 111 Å². The van der Waals surface area contributed by atoms with Crippen molar-refractivity contribution in [1.29, 1.82) is 0 Å². The van der Waals surface area contributed by atoms with E-state index in [4.69, 9.17) is 5.84 Å². The van der Waals surface area contributed by atoms with Gasteiger partial charge in [0, 0.05) is 31.1 Å². The molecule has 2 atom stereocenters. The Kier molecular flexibility index (Phi) is 5.81. The Balaban J connectivity index is 2.53. The van der Waals surface area contributed by atoms with Crippen LogP contribution in [0.2, 0.25) is 0 Å². The highest BCUT2D eigenvalue weighted by molar-refractivity contribution is 5.02. The third kappa shape index (κ3) is 5.61. The molecule has 2 unspecified atom stereocenters. The highest BCUT2D eigenvalue weighted by atomic mass is 19.4. The van der Waals surface area contributed by atoms with Gasteiger partial charge in [0.25, 0.3) is 0 Å². The molecule has 0 bridgehead atoms. The number of hydrogen-bond donors (Lipinski definition) is 2. The van der Waals surface area contributed by atoms with Crippen molar-refractivity contribution < 1.29 is 13.2 Å². The summed E-state index contributed by atoms with van der Waals surface area (Å²) in [4.78, 5) is 0. The average Bonchev–Trinajstić information content (AvgIpc) is 2.80. The van der Waals surface area contributed by atoms with Gasteiger partial charge in [-0.15, -0.1) is 0 Å². The molecular weight excluding hydrogens is 257 g/mol. The van der Waals surface area contributed by atoms with E-state index in [0.717, 1.165) is 12.1 Å². The summed E-state index contributed by atoms with van der Waals surface area (Å²) in [5.41, 5.74) is 3.18. The topological polar surface area (TPSA) is 55.9 Å². The van der Waals surface area contributed by atoms with E-state index in [1.165, 1.54) is 0 Å². The Hall–Kier alpha value is -1.08. The second kappa shape index (κ2) is 6.91. The fourth-order valence-corrected chi connectivity index (χ4v) is 1.75. The molecule has 19 heavy (non-hydrogen) atoms. The van der Waals surface area contributed by atoms with Crippen LogP contribution in [0.1, 0.15) is 44.8 Å². The molecule has 3 N–H and O–H groups in total. The molecule has 0 aliphatic rings. The molecule has 0 aromatic carbocycles. The van der Waals surface area contributed by atoms with E-state index in [9.17, 15) is 13.2 Å². The van der Waals surface area contributed by atoms with Crippen LogP contribution in [0.4, 0.5) is 13.2 Å². The first-order valence-electron chi connectivity index (χ1n) is 6.42. The fraction of sp³-hybridized carbons (Fsp3) is 0.750. The van der Waals surface area contributed by atoms with Crippen molar-refractivity contribution in [3.63, 3.8) is 0 Å². The minimum Gasteiger partial charge on any atom is -0.271 e. The Morgan fingerprint density at radius 3 is 2.68 bits per heavy atom. The van der Waals surface area contributed by atoms with Gasteiger partial charge >= 0.3 is 6.18 Å². The van der Waals surface area contributed by atoms with Gasteiger partial charge in [-0.3, -0.25) is 16.0 Å². The smallest absolute Gasteiger partial charge is 0.271 e. The lowest BCUT2D eigenvalue weighted by molar-refractivity contribution is -0.136. The molecule has 0 amide bonds. The van der Waals surface area contributed by atoms with Gasteiger partial charge < -0.3 is 0 Å². The SMILES string of the molecule is CCC(C)n1ccc(CC(CCC(F)(F)F)NN)n1. The molecule has 1 aromatic heterocycles. The Morgan fingerprint density at radius 1 is 1.47 bits per heavy atom. The lowest BCUT2D eigenvalue weighted by atomic mass is 10.1. The minimum absolute atomic E-state index is 0.0454. The molecule has 4 nitrogen and oxygen atoms in total. The average molecular weight is 278 g/mol. The summed E-state index contributed by atoms with van der Waals surface area (Å²) in [6.45, 7) is 4.10. The number of hydrogen-bond acceptors (Lipinski definition) is 3. The van der Waals surface area contributed by atoms with E-state index in [-0.39, 0.29) is 12.5 Å². The first-order valence-corrected chi connectivity index (χ1v) is 6.42. The van der Waals surface area contributed by atoms with Crippen LogP contribution in [0.25, 0.3) is 0 Å². The van der Waals surface area contributed by atoms with E-state index in [1.807, 2.05) is 23.9 Å². The van der Waals surface area contributed by atoms with Crippen molar-refractivity contribution in [3.05, 3.63) is 18.0 Å². The maximum atomic E-state index is 12.2. The van der Waals surface area contributed by atoms with Crippen LogP contribution in [0, 0.1) is 0 Å². The molecular formula is C12H21F3N4. The van der Waals surface area contributed by atoms with Crippen LogP contribution in [-0.2, 0) is 6.42 Å². The second-order valence-corrected chi connectivity index (χ2v) is 4.77. The van der Waals surface area contributed by atoms with Crippen molar-refractivity contribution >= 4 is 0 Å². The molecule has 0 radical (unpaired) electrons. The number of halogens is 3. The first-order chi connectivity index (χ1) is 8.85. The summed E-state index contributed by atoms with van der Waals surface area (Å²) < 4.78 is 38.3. The van der Waals surface area contributed by atoms with Gasteiger partial charge in [0.15, 0.2) is 0 Å². The molecule has 7 heteroatoms. The molecule has 110 valence electrons. The molecule has 0 aliphatic carbocycles. The Morgan fingerprint density at radius 2 is 2.16 bits per heavy atom. The van der Waals surface area contributed by atoms with E-state index >= 15 is 0 Å². The number of rotatable bonds is 7. The van der Waals surface area contributed by atoms with Gasteiger partial charge in [0.1, 0.15) is 0 Å². The molecule has 1 heterocycles. The summed E-state index contributed by atoms with van der Waals surface area (Å²) in [7, 11) is 0. The molecule has 0 fully saturated rings. The van der Waals surface area contributed by atoms with Gasteiger partial charge in [-0.05, 0) is 25.8 Å². The lowest BCUT2D eigenvalue weighted by Gasteiger charge is -2.15. The minimum atomic E-state index is -4.15. The number of hydrazine groups is 1. The third-order valence-corrected chi connectivity index (χ3v) is 3.17. The van der Waals surface area contributed by atoms with Crippen LogP contribution >= 0.6 is 0 Å². The van der Waals surface area contributed by atoms with Gasteiger partial charge in [-0.25, -0.2) is 0 Å². The number of nitrogens with one attached hydrogen (secondary N) is 1. The lowest BCUT2D eigenvalue weighted by Crippen LogP contribution is -2.37. The van der Waals surface area contributed by atoms with E-state index in [1.54, 1.807) is 0 Å². The summed E-state index contributed by atoms with van der Waals surface area (Å²) >= 11 is 0. The molecule has 0 spiro atoms. The molecule has 1 rings (SSSR count). The highest BCUT2D eigenvalue weighted by Crippen LogP contribution is 2.23. The van der Waals surface area contributed by atoms with Crippen molar-refractivity contribution in [2.45, 2.75) is 57.8 Å². The zero-order chi connectivity index (χ0) is 14.5. The standard InChI is InChI=1S/C12H21F3N4/c1-3-9(2)19-7-5-11(18-19)8-10(17-16)4-6-12(13,14)15/h5,7,9-10,17H,3-4,6,8,16H2,1-2H3. The van der Waals surface area contributed by atoms with Crippen LogP contribution in [-0.4, -0.2) is 22.0 Å². The quantitative estimate of drug-likeness (QED) is 0.595. The zero-order valence-corrected chi connectivity index (χ0v) is 11.2. The first kappa shape index (κ1) is 16.0. The molecule has 0 saturated heterocycles.